The largest absolute Gasteiger partial charge is 0.355 e. The first-order valence-electron chi connectivity index (χ1n) is 6.90. The van der Waals surface area contributed by atoms with E-state index in [4.69, 9.17) is 5.73 Å². The van der Waals surface area contributed by atoms with E-state index in [9.17, 15) is 4.79 Å². The Morgan fingerprint density at radius 1 is 1.41 bits per heavy atom. The molecule has 3 heteroatoms. The SMILES string of the molecule is CCC(C)(C)CNC(=O)C1CCCC(N)C1C. The second-order valence-corrected chi connectivity index (χ2v) is 6.30. The van der Waals surface area contributed by atoms with Crippen LogP contribution in [-0.4, -0.2) is 18.5 Å². The van der Waals surface area contributed by atoms with Crippen molar-refractivity contribution in [3.63, 3.8) is 0 Å². The Morgan fingerprint density at radius 2 is 2.06 bits per heavy atom. The molecule has 1 aliphatic rings. The molecular weight excluding hydrogens is 212 g/mol. The summed E-state index contributed by atoms with van der Waals surface area (Å²) < 4.78 is 0. The lowest BCUT2D eigenvalue weighted by Gasteiger charge is -2.34. The maximum Gasteiger partial charge on any atom is 0.223 e. The molecule has 1 saturated carbocycles. The van der Waals surface area contributed by atoms with E-state index >= 15 is 0 Å². The molecule has 1 fully saturated rings. The van der Waals surface area contributed by atoms with Gasteiger partial charge >= 0.3 is 0 Å². The fourth-order valence-corrected chi connectivity index (χ4v) is 2.35. The van der Waals surface area contributed by atoms with E-state index in [2.05, 4.69) is 33.0 Å². The zero-order valence-corrected chi connectivity index (χ0v) is 11.8. The van der Waals surface area contributed by atoms with Crippen LogP contribution in [0.2, 0.25) is 0 Å². The molecule has 1 amide bonds. The van der Waals surface area contributed by atoms with Gasteiger partial charge in [-0.15, -0.1) is 0 Å². The van der Waals surface area contributed by atoms with E-state index in [1.807, 2.05) is 0 Å². The van der Waals surface area contributed by atoms with Crippen molar-refractivity contribution in [2.75, 3.05) is 6.54 Å². The van der Waals surface area contributed by atoms with Gasteiger partial charge in [-0.2, -0.15) is 0 Å². The third-order valence-corrected chi connectivity index (χ3v) is 4.40. The van der Waals surface area contributed by atoms with E-state index in [1.54, 1.807) is 0 Å². The molecule has 0 heterocycles. The van der Waals surface area contributed by atoms with Crippen molar-refractivity contribution in [2.24, 2.45) is 23.0 Å². The highest BCUT2D eigenvalue weighted by molar-refractivity contribution is 5.79. The van der Waals surface area contributed by atoms with E-state index in [0.717, 1.165) is 32.2 Å². The normalized spacial score (nSPS) is 30.1. The lowest BCUT2D eigenvalue weighted by Crippen LogP contribution is -2.46. The van der Waals surface area contributed by atoms with Crippen LogP contribution < -0.4 is 11.1 Å². The van der Waals surface area contributed by atoms with Crippen LogP contribution in [0.1, 0.15) is 53.4 Å². The molecule has 3 atom stereocenters. The first-order chi connectivity index (χ1) is 7.87. The number of hydrogen-bond acceptors (Lipinski definition) is 2. The fraction of sp³-hybridized carbons (Fsp3) is 0.929. The quantitative estimate of drug-likeness (QED) is 0.792. The van der Waals surface area contributed by atoms with Gasteiger partial charge in [0.15, 0.2) is 0 Å². The summed E-state index contributed by atoms with van der Waals surface area (Å²) in [6, 6.07) is 0.193. The number of nitrogens with one attached hydrogen (secondary N) is 1. The summed E-state index contributed by atoms with van der Waals surface area (Å²) in [4.78, 5) is 12.2. The van der Waals surface area contributed by atoms with Gasteiger partial charge in [0.2, 0.25) is 5.91 Å². The zero-order chi connectivity index (χ0) is 13.1. The summed E-state index contributed by atoms with van der Waals surface area (Å²) in [6.45, 7) is 9.40. The summed E-state index contributed by atoms with van der Waals surface area (Å²) in [5.41, 5.74) is 6.22. The molecule has 3 N–H and O–H groups in total. The Morgan fingerprint density at radius 3 is 2.65 bits per heavy atom. The van der Waals surface area contributed by atoms with Gasteiger partial charge < -0.3 is 11.1 Å². The number of carbonyl (C=O) groups is 1. The van der Waals surface area contributed by atoms with Gasteiger partial charge in [0.05, 0.1) is 0 Å². The molecule has 0 saturated heterocycles. The Bertz CT molecular complexity index is 263. The summed E-state index contributed by atoms with van der Waals surface area (Å²) in [5, 5.41) is 3.10. The zero-order valence-electron chi connectivity index (χ0n) is 11.8. The van der Waals surface area contributed by atoms with Gasteiger partial charge in [0.25, 0.3) is 0 Å². The summed E-state index contributed by atoms with van der Waals surface area (Å²) in [7, 11) is 0. The molecule has 0 aromatic carbocycles. The average Bonchev–Trinajstić information content (AvgIpc) is 2.30. The van der Waals surface area contributed by atoms with Crippen molar-refractivity contribution in [3.05, 3.63) is 0 Å². The number of hydrogen-bond donors (Lipinski definition) is 2. The minimum atomic E-state index is 0.117. The van der Waals surface area contributed by atoms with Gasteiger partial charge in [0.1, 0.15) is 0 Å². The summed E-state index contributed by atoms with van der Waals surface area (Å²) in [5.74, 6) is 0.633. The van der Waals surface area contributed by atoms with Gasteiger partial charge in [-0.1, -0.05) is 34.1 Å². The van der Waals surface area contributed by atoms with Crippen molar-refractivity contribution in [1.82, 2.24) is 5.32 Å². The fourth-order valence-electron chi connectivity index (χ4n) is 2.35. The Balaban J connectivity index is 2.47. The Kier molecular flexibility index (Phi) is 4.99. The van der Waals surface area contributed by atoms with Gasteiger partial charge in [-0.3, -0.25) is 4.79 Å². The van der Waals surface area contributed by atoms with Crippen LogP contribution in [0.5, 0.6) is 0 Å². The highest BCUT2D eigenvalue weighted by atomic mass is 16.1. The highest BCUT2D eigenvalue weighted by Crippen LogP contribution is 2.29. The Hall–Kier alpha value is -0.570. The van der Waals surface area contributed by atoms with Gasteiger partial charge in [-0.05, 0) is 30.6 Å². The molecule has 3 nitrogen and oxygen atoms in total. The molecule has 0 aliphatic heterocycles. The third kappa shape index (κ3) is 3.98. The standard InChI is InChI=1S/C14H28N2O/c1-5-14(3,4)9-16-13(17)11-7-6-8-12(15)10(11)2/h10-12H,5-9,15H2,1-4H3,(H,16,17). The van der Waals surface area contributed by atoms with Crippen molar-refractivity contribution < 1.29 is 4.79 Å². The van der Waals surface area contributed by atoms with Crippen molar-refractivity contribution in [2.45, 2.75) is 59.4 Å². The average molecular weight is 240 g/mol. The number of carbonyl (C=O) groups excluding carboxylic acids is 1. The van der Waals surface area contributed by atoms with Crippen LogP contribution in [0, 0.1) is 17.3 Å². The first kappa shape index (κ1) is 14.5. The monoisotopic (exact) mass is 240 g/mol. The van der Waals surface area contributed by atoms with E-state index in [0.29, 0.717) is 5.92 Å². The van der Waals surface area contributed by atoms with Crippen LogP contribution >= 0.6 is 0 Å². The molecule has 0 radical (unpaired) electrons. The van der Waals surface area contributed by atoms with Gasteiger partial charge in [-0.25, -0.2) is 0 Å². The van der Waals surface area contributed by atoms with Crippen LogP contribution in [-0.2, 0) is 4.79 Å². The van der Waals surface area contributed by atoms with Crippen molar-refractivity contribution in [3.8, 4) is 0 Å². The van der Waals surface area contributed by atoms with Crippen LogP contribution in [0.25, 0.3) is 0 Å². The Labute approximate surface area is 106 Å². The lowest BCUT2D eigenvalue weighted by molar-refractivity contribution is -0.128. The number of nitrogens with two attached hydrogens (primary N) is 1. The predicted octanol–water partition coefficient (Wildman–Crippen LogP) is 2.30. The first-order valence-corrected chi connectivity index (χ1v) is 6.90. The highest BCUT2D eigenvalue weighted by Gasteiger charge is 2.32. The molecule has 0 spiro atoms. The molecule has 1 aliphatic carbocycles. The maximum atomic E-state index is 12.2. The van der Waals surface area contributed by atoms with E-state index in [1.165, 1.54) is 0 Å². The molecule has 1 rings (SSSR count). The molecule has 17 heavy (non-hydrogen) atoms. The summed E-state index contributed by atoms with van der Waals surface area (Å²) in [6.07, 6.45) is 4.21. The maximum absolute atomic E-state index is 12.2. The van der Waals surface area contributed by atoms with Crippen LogP contribution in [0.3, 0.4) is 0 Å². The number of rotatable bonds is 4. The van der Waals surface area contributed by atoms with Crippen LogP contribution in [0.4, 0.5) is 0 Å². The minimum Gasteiger partial charge on any atom is -0.355 e. The van der Waals surface area contributed by atoms with Crippen molar-refractivity contribution in [1.29, 1.82) is 0 Å². The van der Waals surface area contributed by atoms with E-state index in [-0.39, 0.29) is 23.3 Å². The number of amides is 1. The lowest BCUT2D eigenvalue weighted by atomic mass is 9.76. The van der Waals surface area contributed by atoms with Crippen LogP contribution in [0.15, 0.2) is 0 Å². The molecule has 0 aromatic rings. The molecule has 3 unspecified atom stereocenters. The molecule has 100 valence electrons. The van der Waals surface area contributed by atoms with Gasteiger partial charge in [0, 0.05) is 18.5 Å². The molecular formula is C14H28N2O. The molecule has 0 bridgehead atoms. The second-order valence-electron chi connectivity index (χ2n) is 6.30. The second kappa shape index (κ2) is 5.85. The third-order valence-electron chi connectivity index (χ3n) is 4.40. The molecule has 0 aromatic heterocycles. The smallest absolute Gasteiger partial charge is 0.223 e. The van der Waals surface area contributed by atoms with E-state index < -0.39 is 0 Å². The topological polar surface area (TPSA) is 55.1 Å². The summed E-state index contributed by atoms with van der Waals surface area (Å²) >= 11 is 0. The van der Waals surface area contributed by atoms with Crippen molar-refractivity contribution >= 4 is 5.91 Å². The minimum absolute atomic E-state index is 0.117. The predicted molar refractivity (Wildman–Crippen MR) is 71.6 cm³/mol.